The molecule has 1 aromatic heterocycles. The predicted octanol–water partition coefficient (Wildman–Crippen LogP) is 7.02. The number of aryl methyl sites for hydroxylation is 3. The molecule has 3 aromatic carbocycles. The fraction of sp³-hybridized carbons (Fsp3) is 0.222. The van der Waals surface area contributed by atoms with Crippen LogP contribution < -0.4 is 10.6 Å². The van der Waals surface area contributed by atoms with Crippen molar-refractivity contribution in [2.24, 2.45) is 0 Å². The molecule has 180 valence electrons. The van der Waals surface area contributed by atoms with Gasteiger partial charge in [-0.05, 0) is 74.2 Å². The number of thioether (sulfide) groups is 1. The Kier molecular flexibility index (Phi) is 7.78. The van der Waals surface area contributed by atoms with Crippen molar-refractivity contribution in [2.45, 2.75) is 44.6 Å². The van der Waals surface area contributed by atoms with Gasteiger partial charge < -0.3 is 10.6 Å². The maximum absolute atomic E-state index is 12.7. The molecule has 0 saturated heterocycles. The van der Waals surface area contributed by atoms with E-state index in [-0.39, 0.29) is 6.03 Å². The third-order valence-corrected chi connectivity index (χ3v) is 6.91. The first kappa shape index (κ1) is 24.8. The van der Waals surface area contributed by atoms with Gasteiger partial charge in [0.15, 0.2) is 11.0 Å². The molecule has 0 spiro atoms. The molecule has 2 N–H and O–H groups in total. The molecule has 1 unspecified atom stereocenters. The van der Waals surface area contributed by atoms with Crippen molar-refractivity contribution >= 4 is 35.1 Å². The van der Waals surface area contributed by atoms with E-state index < -0.39 is 6.04 Å². The fourth-order valence-electron chi connectivity index (χ4n) is 3.77. The first-order valence-corrected chi connectivity index (χ1v) is 12.7. The highest BCUT2D eigenvalue weighted by atomic mass is 35.5. The SMILES string of the molecule is Cc1cccc(NC(=O)NC(C)c2nnc(SCc3ccccc3C)n2-c2cc(Cl)ccc2C)c1. The molecule has 0 aliphatic rings. The van der Waals surface area contributed by atoms with Gasteiger partial charge in [0.25, 0.3) is 0 Å². The van der Waals surface area contributed by atoms with E-state index in [2.05, 4.69) is 39.9 Å². The zero-order valence-corrected chi connectivity index (χ0v) is 21.7. The van der Waals surface area contributed by atoms with Crippen molar-refractivity contribution < 1.29 is 4.79 Å². The highest BCUT2D eigenvalue weighted by Crippen LogP contribution is 2.31. The van der Waals surface area contributed by atoms with Crippen LogP contribution in [0.1, 0.15) is 41.0 Å². The second-order valence-electron chi connectivity index (χ2n) is 8.51. The molecule has 2 amide bonds. The molecule has 1 atom stereocenters. The van der Waals surface area contributed by atoms with Crippen LogP contribution in [-0.2, 0) is 5.75 Å². The second-order valence-corrected chi connectivity index (χ2v) is 9.89. The number of rotatable bonds is 7. The van der Waals surface area contributed by atoms with Gasteiger partial charge in [-0.2, -0.15) is 0 Å². The van der Waals surface area contributed by atoms with E-state index in [4.69, 9.17) is 11.6 Å². The number of benzene rings is 3. The van der Waals surface area contributed by atoms with Gasteiger partial charge in [-0.3, -0.25) is 4.57 Å². The maximum Gasteiger partial charge on any atom is 0.319 e. The van der Waals surface area contributed by atoms with Gasteiger partial charge in [-0.15, -0.1) is 10.2 Å². The van der Waals surface area contributed by atoms with Crippen molar-refractivity contribution in [3.63, 3.8) is 0 Å². The van der Waals surface area contributed by atoms with Crippen LogP contribution in [0.15, 0.2) is 71.9 Å². The molecule has 35 heavy (non-hydrogen) atoms. The predicted molar refractivity (Wildman–Crippen MR) is 144 cm³/mol. The molecule has 0 aliphatic heterocycles. The largest absolute Gasteiger partial charge is 0.328 e. The Morgan fingerprint density at radius 2 is 1.80 bits per heavy atom. The van der Waals surface area contributed by atoms with Gasteiger partial charge in [-0.25, -0.2) is 4.79 Å². The summed E-state index contributed by atoms with van der Waals surface area (Å²) >= 11 is 7.96. The standard InChI is InChI=1S/C27H28ClN5OS/c1-17-8-7-11-23(14-17)30-26(34)29-20(4)25-31-32-27(35-16-21-10-6-5-9-18(21)2)33(25)24-15-22(28)13-12-19(24)3/h5-15,20H,16H2,1-4H3,(H2,29,30,34). The number of aromatic nitrogens is 3. The maximum atomic E-state index is 12.7. The Morgan fingerprint density at radius 1 is 1.00 bits per heavy atom. The van der Waals surface area contributed by atoms with Gasteiger partial charge in [-0.1, -0.05) is 65.8 Å². The summed E-state index contributed by atoms with van der Waals surface area (Å²) in [4.78, 5) is 12.7. The van der Waals surface area contributed by atoms with Crippen molar-refractivity contribution in [1.29, 1.82) is 0 Å². The molecule has 8 heteroatoms. The monoisotopic (exact) mass is 505 g/mol. The van der Waals surface area contributed by atoms with E-state index >= 15 is 0 Å². The lowest BCUT2D eigenvalue weighted by atomic mass is 10.1. The number of halogens is 1. The van der Waals surface area contributed by atoms with Gasteiger partial charge >= 0.3 is 6.03 Å². The lowest BCUT2D eigenvalue weighted by Gasteiger charge is -2.18. The number of carbonyl (C=O) groups is 1. The highest BCUT2D eigenvalue weighted by Gasteiger charge is 2.22. The van der Waals surface area contributed by atoms with Gasteiger partial charge in [0.05, 0.1) is 11.7 Å². The molecule has 0 aliphatic carbocycles. The van der Waals surface area contributed by atoms with Crippen LogP contribution in [0.4, 0.5) is 10.5 Å². The number of amides is 2. The van der Waals surface area contributed by atoms with E-state index in [0.717, 1.165) is 33.4 Å². The Bertz CT molecular complexity index is 1350. The van der Waals surface area contributed by atoms with Crippen LogP contribution in [0.2, 0.25) is 5.02 Å². The molecule has 0 fully saturated rings. The second kappa shape index (κ2) is 11.0. The number of urea groups is 1. The van der Waals surface area contributed by atoms with E-state index in [1.165, 1.54) is 11.1 Å². The summed E-state index contributed by atoms with van der Waals surface area (Å²) in [5.41, 5.74) is 6.19. The average molecular weight is 506 g/mol. The van der Waals surface area contributed by atoms with Crippen molar-refractivity contribution in [1.82, 2.24) is 20.1 Å². The summed E-state index contributed by atoms with van der Waals surface area (Å²) < 4.78 is 1.99. The van der Waals surface area contributed by atoms with Crippen molar-refractivity contribution in [3.8, 4) is 5.69 Å². The third-order valence-electron chi connectivity index (χ3n) is 5.70. The molecule has 4 rings (SSSR count). The minimum Gasteiger partial charge on any atom is -0.328 e. The average Bonchev–Trinajstić information content (AvgIpc) is 3.24. The van der Waals surface area contributed by atoms with Crippen molar-refractivity contribution in [2.75, 3.05) is 5.32 Å². The van der Waals surface area contributed by atoms with Gasteiger partial charge in [0.1, 0.15) is 0 Å². The minimum absolute atomic E-state index is 0.311. The van der Waals surface area contributed by atoms with Crippen LogP contribution >= 0.6 is 23.4 Å². The van der Waals surface area contributed by atoms with Gasteiger partial charge in [0, 0.05) is 16.5 Å². The lowest BCUT2D eigenvalue weighted by molar-refractivity contribution is 0.249. The van der Waals surface area contributed by atoms with Crippen molar-refractivity contribution in [3.05, 3.63) is 99.8 Å². The first-order chi connectivity index (χ1) is 16.8. The molecular weight excluding hydrogens is 478 g/mol. The zero-order valence-electron chi connectivity index (χ0n) is 20.2. The highest BCUT2D eigenvalue weighted by molar-refractivity contribution is 7.98. The number of anilines is 1. The summed E-state index contributed by atoms with van der Waals surface area (Å²) in [5.74, 6) is 1.38. The third kappa shape index (κ3) is 6.05. The Balaban J connectivity index is 1.62. The van der Waals surface area contributed by atoms with Crippen LogP contribution in [0.5, 0.6) is 0 Å². The number of carbonyl (C=O) groups excluding carboxylic acids is 1. The molecule has 0 bridgehead atoms. The Morgan fingerprint density at radius 3 is 2.57 bits per heavy atom. The molecular formula is C27H28ClN5OS. The fourth-order valence-corrected chi connectivity index (χ4v) is 4.96. The summed E-state index contributed by atoms with van der Waals surface area (Å²) in [6.07, 6.45) is 0. The smallest absolute Gasteiger partial charge is 0.319 e. The molecule has 6 nitrogen and oxygen atoms in total. The van der Waals surface area contributed by atoms with E-state index in [1.54, 1.807) is 11.8 Å². The molecule has 4 aromatic rings. The lowest BCUT2D eigenvalue weighted by Crippen LogP contribution is -2.32. The number of hydrogen-bond donors (Lipinski definition) is 2. The first-order valence-electron chi connectivity index (χ1n) is 11.3. The Hall–Kier alpha value is -3.29. The molecule has 1 heterocycles. The van der Waals surface area contributed by atoms with E-state index in [1.807, 2.05) is 79.9 Å². The minimum atomic E-state index is -0.404. The molecule has 0 radical (unpaired) electrons. The number of hydrogen-bond acceptors (Lipinski definition) is 4. The summed E-state index contributed by atoms with van der Waals surface area (Å²) in [5, 5.41) is 16.2. The number of nitrogens with one attached hydrogen (secondary N) is 2. The van der Waals surface area contributed by atoms with Crippen LogP contribution in [-0.4, -0.2) is 20.8 Å². The summed E-state index contributed by atoms with van der Waals surface area (Å²) in [6.45, 7) is 8.00. The van der Waals surface area contributed by atoms with E-state index in [0.29, 0.717) is 10.8 Å². The van der Waals surface area contributed by atoms with Crippen LogP contribution in [0.25, 0.3) is 5.69 Å². The van der Waals surface area contributed by atoms with E-state index in [9.17, 15) is 4.79 Å². The normalized spacial score (nSPS) is 11.8. The number of nitrogens with zero attached hydrogens (tertiary/aromatic N) is 3. The Labute approximate surface area is 215 Å². The topological polar surface area (TPSA) is 71.8 Å². The quantitative estimate of drug-likeness (QED) is 0.265. The summed E-state index contributed by atoms with van der Waals surface area (Å²) in [6, 6.07) is 21.0. The van der Waals surface area contributed by atoms with Gasteiger partial charge in [0.2, 0.25) is 0 Å². The van der Waals surface area contributed by atoms with Crippen LogP contribution in [0.3, 0.4) is 0 Å². The molecule has 0 saturated carbocycles. The summed E-state index contributed by atoms with van der Waals surface area (Å²) in [7, 11) is 0. The van der Waals surface area contributed by atoms with Crippen LogP contribution in [0, 0.1) is 20.8 Å². The zero-order chi connectivity index (χ0) is 24.9.